The molecule has 0 aliphatic carbocycles. The number of hydrogen-bond acceptors (Lipinski definition) is 10. The first-order chi connectivity index (χ1) is 27.1. The minimum absolute atomic E-state index is 0.106. The smallest absolute Gasteiger partial charge is 0.407 e. The number of alkyl carbamates (subject to hydrolysis) is 2. The van der Waals surface area contributed by atoms with Crippen LogP contribution in [0, 0.1) is 5.92 Å². The molecular weight excluding hydrogens is 735 g/mol. The second-order valence-corrected chi connectivity index (χ2v) is 14.8. The third-order valence-corrected chi connectivity index (χ3v) is 10.7. The molecule has 0 saturated carbocycles. The van der Waals surface area contributed by atoms with Gasteiger partial charge in [-0.25, -0.2) is 24.5 Å². The molecule has 6 rings (SSSR count). The zero-order valence-corrected chi connectivity index (χ0v) is 32.9. The number of amides is 4. The zero-order valence-electron chi connectivity index (χ0n) is 32.1. The molecule has 0 spiro atoms. The molecule has 3 aromatic heterocycles. The number of hydrogen-bond donors (Lipinski definition) is 4. The third kappa shape index (κ3) is 9.25. The summed E-state index contributed by atoms with van der Waals surface area (Å²) in [6.45, 7) is 7.04. The normalized spacial score (nSPS) is 14.4. The number of aromatic amines is 2. The van der Waals surface area contributed by atoms with Crippen LogP contribution in [0.15, 0.2) is 67.1 Å². The summed E-state index contributed by atoms with van der Waals surface area (Å²) in [6.07, 6.45) is 6.54. The average Bonchev–Trinajstić information content (AvgIpc) is 4.06. The highest BCUT2D eigenvalue weighted by atomic mass is 32.1. The van der Waals surface area contributed by atoms with E-state index < -0.39 is 18.2 Å². The summed E-state index contributed by atoms with van der Waals surface area (Å²) in [5.41, 5.74) is 5.64. The summed E-state index contributed by atoms with van der Waals surface area (Å²) in [5, 5.41) is 6.02. The second-order valence-electron chi connectivity index (χ2n) is 13.8. The van der Waals surface area contributed by atoms with E-state index in [1.807, 2.05) is 63.4 Å². The predicted molar refractivity (Wildman–Crippen MR) is 212 cm³/mol. The third-order valence-electron chi connectivity index (χ3n) is 9.65. The number of nitrogens with zero attached hydrogens (tertiary/aromatic N) is 5. The topological polar surface area (TPSA) is 188 Å². The lowest BCUT2D eigenvalue weighted by atomic mass is 10.0. The van der Waals surface area contributed by atoms with E-state index in [2.05, 4.69) is 47.4 Å². The number of thiazole rings is 1. The monoisotopic (exact) mass is 781 g/mol. The lowest BCUT2D eigenvalue weighted by Gasteiger charge is -2.30. The summed E-state index contributed by atoms with van der Waals surface area (Å²) >= 11 is 1.61. The maximum Gasteiger partial charge on any atom is 0.407 e. The average molecular weight is 782 g/mol. The number of benzene rings is 2. The number of carbonyl (C=O) groups is 4. The van der Waals surface area contributed by atoms with Crippen molar-refractivity contribution in [3.8, 4) is 43.5 Å². The van der Waals surface area contributed by atoms with Gasteiger partial charge in [0, 0.05) is 24.8 Å². The number of carbonyl (C=O) groups excluding carboxylic acids is 4. The van der Waals surface area contributed by atoms with Gasteiger partial charge in [-0.3, -0.25) is 9.59 Å². The molecule has 4 amide bonds. The van der Waals surface area contributed by atoms with Crippen LogP contribution < -0.4 is 10.6 Å². The summed E-state index contributed by atoms with van der Waals surface area (Å²) in [4.78, 5) is 74.7. The lowest BCUT2D eigenvalue weighted by Crippen LogP contribution is -2.51. The van der Waals surface area contributed by atoms with E-state index in [1.54, 1.807) is 33.5 Å². The summed E-state index contributed by atoms with van der Waals surface area (Å²) in [7, 11) is 2.54. The standard InChI is InChI=1S/C40H47N9O6S/c1-6-17-48(34(50)22-44-39(52)54-4)23-33-41-19-29(45-33)25-11-15-28(16-12-25)37-43-21-32(56-37)27-13-9-26(10-14-27)30-20-42-36(46-30)31-8-7-18-49(31)38(51)35(24(2)3)47-40(53)55-5/h9-16,19-21,24,31,35H,6-8,17-18,22-23H2,1-5H3,(H,41,45)(H,42,46)(H,44,52)(H,47,53)/t31-,35-/m0/s1. The molecular formula is C40H47N9O6S. The highest BCUT2D eigenvalue weighted by Crippen LogP contribution is 2.35. The summed E-state index contributed by atoms with van der Waals surface area (Å²) in [5.74, 6) is 0.896. The number of ether oxygens (including phenoxy) is 2. The number of H-pyrrole nitrogens is 2. The lowest BCUT2D eigenvalue weighted by molar-refractivity contribution is -0.135. The van der Waals surface area contributed by atoms with Crippen LogP contribution in [-0.4, -0.2) is 98.6 Å². The van der Waals surface area contributed by atoms with Crippen molar-refractivity contribution >= 4 is 35.3 Å². The SMILES string of the molecule is CCCN(Cc1ncc(-c2ccc(-c3ncc(-c4ccc(-c5cnc([C@@H]6CCCN6C(=O)[C@@H](NC(=O)OC)C(C)C)[nH]5)cc4)s3)cc2)[nH]1)C(=O)CNC(=O)OC. The molecule has 1 saturated heterocycles. The Labute approximate surface area is 329 Å². The molecule has 1 fully saturated rings. The molecule has 15 nitrogen and oxygen atoms in total. The fourth-order valence-electron chi connectivity index (χ4n) is 6.66. The Bertz CT molecular complexity index is 2130. The fourth-order valence-corrected chi connectivity index (χ4v) is 7.58. The van der Waals surface area contributed by atoms with E-state index >= 15 is 0 Å². The van der Waals surface area contributed by atoms with Crippen LogP contribution in [0.4, 0.5) is 9.59 Å². The van der Waals surface area contributed by atoms with Gasteiger partial charge < -0.3 is 39.9 Å². The highest BCUT2D eigenvalue weighted by Gasteiger charge is 2.37. The van der Waals surface area contributed by atoms with Crippen LogP contribution >= 0.6 is 11.3 Å². The van der Waals surface area contributed by atoms with Crippen LogP contribution in [0.2, 0.25) is 0 Å². The Balaban J connectivity index is 1.08. The molecule has 5 aromatic rings. The van der Waals surface area contributed by atoms with E-state index in [4.69, 9.17) is 9.72 Å². The van der Waals surface area contributed by atoms with E-state index in [0.717, 1.165) is 68.6 Å². The first-order valence-electron chi connectivity index (χ1n) is 18.6. The summed E-state index contributed by atoms with van der Waals surface area (Å²) < 4.78 is 9.31. The fraction of sp³-hybridized carbons (Fsp3) is 0.375. The first kappa shape index (κ1) is 39.7. The van der Waals surface area contributed by atoms with Crippen molar-refractivity contribution in [2.75, 3.05) is 33.9 Å². The van der Waals surface area contributed by atoms with Crippen LogP contribution in [-0.2, 0) is 25.6 Å². The molecule has 4 N–H and O–H groups in total. The molecule has 1 aliphatic heterocycles. The Morgan fingerprint density at radius 2 is 1.52 bits per heavy atom. The van der Waals surface area contributed by atoms with Gasteiger partial charge in [-0.1, -0.05) is 69.3 Å². The molecule has 2 aromatic carbocycles. The molecule has 0 unspecified atom stereocenters. The number of likely N-dealkylation sites (tertiary alicyclic amines) is 1. The Morgan fingerprint density at radius 1 is 0.875 bits per heavy atom. The van der Waals surface area contributed by atoms with E-state index in [0.29, 0.717) is 25.5 Å². The highest BCUT2D eigenvalue weighted by molar-refractivity contribution is 7.18. The Hall–Kier alpha value is -6.03. The van der Waals surface area contributed by atoms with Crippen molar-refractivity contribution in [1.82, 2.24) is 45.4 Å². The van der Waals surface area contributed by atoms with Crippen LogP contribution in [0.3, 0.4) is 0 Å². The maximum atomic E-state index is 13.5. The number of nitrogens with one attached hydrogen (secondary N) is 4. The Morgan fingerprint density at radius 3 is 2.18 bits per heavy atom. The minimum atomic E-state index is -0.689. The zero-order chi connectivity index (χ0) is 39.8. The van der Waals surface area contributed by atoms with Gasteiger partial charge in [-0.05, 0) is 41.9 Å². The largest absolute Gasteiger partial charge is 0.453 e. The number of rotatable bonds is 14. The molecule has 1 aliphatic rings. The molecule has 4 heterocycles. The van der Waals surface area contributed by atoms with Crippen molar-refractivity contribution in [3.05, 3.63) is 78.8 Å². The Kier molecular flexibility index (Phi) is 12.8. The van der Waals surface area contributed by atoms with Crippen LogP contribution in [0.1, 0.15) is 57.7 Å². The molecule has 16 heteroatoms. The molecule has 0 bridgehead atoms. The van der Waals surface area contributed by atoms with Crippen molar-refractivity contribution in [1.29, 1.82) is 0 Å². The van der Waals surface area contributed by atoms with Gasteiger partial charge in [0.15, 0.2) is 0 Å². The number of imidazole rings is 2. The first-order valence-corrected chi connectivity index (χ1v) is 19.4. The van der Waals surface area contributed by atoms with Gasteiger partial charge in [0.2, 0.25) is 11.8 Å². The van der Waals surface area contributed by atoms with Gasteiger partial charge in [0.05, 0.1) is 55.5 Å². The van der Waals surface area contributed by atoms with Gasteiger partial charge in [-0.2, -0.15) is 0 Å². The van der Waals surface area contributed by atoms with E-state index in [1.165, 1.54) is 14.2 Å². The summed E-state index contributed by atoms with van der Waals surface area (Å²) in [6, 6.07) is 15.4. The second kappa shape index (κ2) is 18.1. The van der Waals surface area contributed by atoms with Gasteiger partial charge >= 0.3 is 12.2 Å². The number of aromatic nitrogens is 5. The minimum Gasteiger partial charge on any atom is -0.453 e. The molecule has 56 heavy (non-hydrogen) atoms. The van der Waals surface area contributed by atoms with Crippen molar-refractivity contribution < 1.29 is 28.7 Å². The van der Waals surface area contributed by atoms with Gasteiger partial charge in [-0.15, -0.1) is 11.3 Å². The molecule has 2 atom stereocenters. The van der Waals surface area contributed by atoms with Crippen molar-refractivity contribution in [3.63, 3.8) is 0 Å². The van der Waals surface area contributed by atoms with Gasteiger partial charge in [0.25, 0.3) is 0 Å². The van der Waals surface area contributed by atoms with Gasteiger partial charge in [0.1, 0.15) is 29.2 Å². The maximum absolute atomic E-state index is 13.5. The number of methoxy groups -OCH3 is 2. The predicted octanol–water partition coefficient (Wildman–Crippen LogP) is 6.40. The van der Waals surface area contributed by atoms with Crippen LogP contribution in [0.5, 0.6) is 0 Å². The van der Waals surface area contributed by atoms with Crippen LogP contribution in [0.25, 0.3) is 43.5 Å². The van der Waals surface area contributed by atoms with E-state index in [9.17, 15) is 19.2 Å². The quantitative estimate of drug-likeness (QED) is 0.0990. The van der Waals surface area contributed by atoms with E-state index in [-0.39, 0.29) is 30.3 Å². The molecule has 294 valence electrons. The molecule has 0 radical (unpaired) electrons. The van der Waals surface area contributed by atoms with Crippen molar-refractivity contribution in [2.45, 2.75) is 58.7 Å². The van der Waals surface area contributed by atoms with Crippen molar-refractivity contribution in [2.24, 2.45) is 5.92 Å².